The van der Waals surface area contributed by atoms with Crippen molar-refractivity contribution in [2.75, 3.05) is 17.7 Å². The summed E-state index contributed by atoms with van der Waals surface area (Å²) < 4.78 is 45.7. The molecule has 184 valence electrons. The number of carbonyl (C=O) groups is 2. The molecule has 0 spiro atoms. The maximum atomic E-state index is 12.9. The monoisotopic (exact) mass is 494 g/mol. The molecule has 0 saturated carbocycles. The Labute approximate surface area is 204 Å². The maximum Gasteiger partial charge on any atom is 0.416 e. The number of aromatic nitrogens is 2. The highest BCUT2D eigenvalue weighted by Gasteiger charge is 2.30. The molecule has 1 aromatic heterocycles. The third kappa shape index (κ3) is 5.54. The lowest BCUT2D eigenvalue weighted by atomic mass is 10.1. The van der Waals surface area contributed by atoms with Crippen molar-refractivity contribution >= 4 is 23.2 Å². The molecule has 0 unspecified atom stereocenters. The topological polar surface area (TPSA) is 85.2 Å². The quantitative estimate of drug-likeness (QED) is 0.364. The van der Waals surface area contributed by atoms with Crippen LogP contribution in [0.15, 0.2) is 79.1 Å². The summed E-state index contributed by atoms with van der Waals surface area (Å²) >= 11 is 0. The van der Waals surface area contributed by atoms with E-state index >= 15 is 0 Å². The van der Waals surface area contributed by atoms with E-state index in [0.717, 1.165) is 23.3 Å². The van der Waals surface area contributed by atoms with E-state index in [0.29, 0.717) is 17.0 Å². The average Bonchev–Trinajstić information content (AvgIpc) is 3.30. The highest BCUT2D eigenvalue weighted by Crippen LogP contribution is 2.31. The normalized spacial score (nSPS) is 11.1. The second-order valence-electron chi connectivity index (χ2n) is 7.88. The number of nitrogens with one attached hydrogen (secondary N) is 2. The van der Waals surface area contributed by atoms with Gasteiger partial charge in [0.1, 0.15) is 5.75 Å². The van der Waals surface area contributed by atoms with Gasteiger partial charge in [-0.1, -0.05) is 12.1 Å². The number of nitrogens with zero attached hydrogens (tertiary/aromatic N) is 2. The van der Waals surface area contributed by atoms with Crippen LogP contribution in [0.5, 0.6) is 5.75 Å². The second kappa shape index (κ2) is 9.95. The van der Waals surface area contributed by atoms with E-state index in [4.69, 9.17) is 4.74 Å². The van der Waals surface area contributed by atoms with Gasteiger partial charge in [0.15, 0.2) is 0 Å². The molecule has 2 N–H and O–H groups in total. The summed E-state index contributed by atoms with van der Waals surface area (Å²) in [6.45, 7) is 0. The Balaban J connectivity index is 1.44. The molecule has 0 radical (unpaired) electrons. The highest BCUT2D eigenvalue weighted by molar-refractivity contribution is 6.07. The molecule has 1 heterocycles. The molecular formula is C26H21F3N4O3. The molecular weight excluding hydrogens is 473 g/mol. The van der Waals surface area contributed by atoms with Gasteiger partial charge in [0.2, 0.25) is 0 Å². The van der Waals surface area contributed by atoms with Gasteiger partial charge < -0.3 is 15.4 Å². The molecule has 7 nitrogen and oxygen atoms in total. The van der Waals surface area contributed by atoms with E-state index in [9.17, 15) is 22.8 Å². The fourth-order valence-corrected chi connectivity index (χ4v) is 3.51. The number of aryl methyl sites for hydroxylation is 1. The molecule has 2 amide bonds. The SMILES string of the molecule is COc1cc(-c2cnn(C)c2)ccc1C(=O)Nc1ccc(C(=O)Nc2cccc(C(F)(F)F)c2)cc1. The van der Waals surface area contributed by atoms with E-state index in [1.165, 1.54) is 43.5 Å². The molecule has 0 atom stereocenters. The molecule has 0 aliphatic rings. The molecule has 0 fully saturated rings. The number of alkyl halides is 3. The summed E-state index contributed by atoms with van der Waals surface area (Å²) in [7, 11) is 3.28. The number of ether oxygens (including phenoxy) is 1. The Bertz CT molecular complexity index is 1410. The predicted octanol–water partition coefficient (Wildman–Crippen LogP) is 5.62. The maximum absolute atomic E-state index is 12.9. The van der Waals surface area contributed by atoms with Crippen LogP contribution in [0.3, 0.4) is 0 Å². The lowest BCUT2D eigenvalue weighted by Gasteiger charge is -2.12. The van der Waals surface area contributed by atoms with Crippen molar-refractivity contribution in [3.8, 4) is 16.9 Å². The number of hydrogen-bond acceptors (Lipinski definition) is 4. The van der Waals surface area contributed by atoms with Gasteiger partial charge in [0, 0.05) is 35.7 Å². The molecule has 4 rings (SSSR count). The van der Waals surface area contributed by atoms with Crippen LogP contribution in [0.25, 0.3) is 11.1 Å². The number of anilines is 2. The number of methoxy groups -OCH3 is 1. The number of carbonyl (C=O) groups excluding carboxylic acids is 2. The predicted molar refractivity (Wildman–Crippen MR) is 129 cm³/mol. The van der Waals surface area contributed by atoms with Crippen molar-refractivity contribution in [2.24, 2.45) is 7.05 Å². The van der Waals surface area contributed by atoms with Crippen LogP contribution < -0.4 is 15.4 Å². The lowest BCUT2D eigenvalue weighted by molar-refractivity contribution is -0.137. The van der Waals surface area contributed by atoms with Gasteiger partial charge in [-0.05, 0) is 60.2 Å². The van der Waals surface area contributed by atoms with Gasteiger partial charge in [-0.15, -0.1) is 0 Å². The number of benzene rings is 3. The smallest absolute Gasteiger partial charge is 0.416 e. The number of amides is 2. The molecule has 4 aromatic rings. The number of rotatable bonds is 6. The molecule has 10 heteroatoms. The summed E-state index contributed by atoms with van der Waals surface area (Å²) in [5, 5.41) is 9.33. The van der Waals surface area contributed by atoms with Crippen molar-refractivity contribution in [1.82, 2.24) is 9.78 Å². The molecule has 36 heavy (non-hydrogen) atoms. The third-order valence-corrected chi connectivity index (χ3v) is 5.34. The van der Waals surface area contributed by atoms with Crippen molar-refractivity contribution in [2.45, 2.75) is 6.18 Å². The minimum atomic E-state index is -4.51. The van der Waals surface area contributed by atoms with Crippen LogP contribution in [-0.2, 0) is 13.2 Å². The van der Waals surface area contributed by atoms with E-state index in [-0.39, 0.29) is 11.3 Å². The van der Waals surface area contributed by atoms with Crippen LogP contribution >= 0.6 is 0 Å². The fourth-order valence-electron chi connectivity index (χ4n) is 3.51. The fraction of sp³-hybridized carbons (Fsp3) is 0.115. The van der Waals surface area contributed by atoms with Crippen LogP contribution in [0.2, 0.25) is 0 Å². The van der Waals surface area contributed by atoms with Crippen molar-refractivity contribution in [3.63, 3.8) is 0 Å². The first-order valence-electron chi connectivity index (χ1n) is 10.7. The van der Waals surface area contributed by atoms with Crippen LogP contribution in [-0.4, -0.2) is 28.7 Å². The van der Waals surface area contributed by atoms with Gasteiger partial charge in [-0.2, -0.15) is 18.3 Å². The van der Waals surface area contributed by atoms with E-state index < -0.39 is 23.6 Å². The van der Waals surface area contributed by atoms with E-state index in [1.807, 2.05) is 13.2 Å². The number of hydrogen-bond donors (Lipinski definition) is 2. The Kier molecular flexibility index (Phi) is 6.77. The van der Waals surface area contributed by atoms with Gasteiger partial charge >= 0.3 is 6.18 Å². The van der Waals surface area contributed by atoms with Crippen LogP contribution in [0.1, 0.15) is 26.3 Å². The van der Waals surface area contributed by atoms with Crippen LogP contribution in [0, 0.1) is 0 Å². The van der Waals surface area contributed by atoms with Gasteiger partial charge in [0.05, 0.1) is 24.4 Å². The molecule has 0 saturated heterocycles. The summed E-state index contributed by atoms with van der Waals surface area (Å²) in [5.41, 5.74) is 1.83. The van der Waals surface area contributed by atoms with E-state index in [2.05, 4.69) is 15.7 Å². The molecule has 0 bridgehead atoms. The Hall–Kier alpha value is -4.60. The standard InChI is InChI=1S/C26H21F3N4O3/c1-33-15-18(14-30-33)17-8-11-22(23(12-17)36-2)25(35)31-20-9-6-16(7-10-20)24(34)32-21-5-3-4-19(13-21)26(27,28)29/h3-15H,1-2H3,(H,31,35)(H,32,34). The summed E-state index contributed by atoms with van der Waals surface area (Å²) in [4.78, 5) is 25.3. The summed E-state index contributed by atoms with van der Waals surface area (Å²) in [6, 6.07) is 15.5. The minimum Gasteiger partial charge on any atom is -0.496 e. The van der Waals surface area contributed by atoms with Crippen molar-refractivity contribution < 1.29 is 27.5 Å². The lowest BCUT2D eigenvalue weighted by Crippen LogP contribution is -2.15. The van der Waals surface area contributed by atoms with Crippen molar-refractivity contribution in [1.29, 1.82) is 0 Å². The first-order valence-corrected chi connectivity index (χ1v) is 10.7. The minimum absolute atomic E-state index is 0.0223. The highest BCUT2D eigenvalue weighted by atomic mass is 19.4. The zero-order valence-electron chi connectivity index (χ0n) is 19.3. The first kappa shape index (κ1) is 24.5. The zero-order chi connectivity index (χ0) is 25.9. The Morgan fingerprint density at radius 1 is 0.889 bits per heavy atom. The van der Waals surface area contributed by atoms with Gasteiger partial charge in [-0.3, -0.25) is 14.3 Å². The Morgan fingerprint density at radius 3 is 2.25 bits per heavy atom. The first-order chi connectivity index (χ1) is 17.1. The average molecular weight is 494 g/mol. The summed E-state index contributed by atoms with van der Waals surface area (Å²) in [6.07, 6.45) is -0.957. The largest absolute Gasteiger partial charge is 0.496 e. The van der Waals surface area contributed by atoms with Gasteiger partial charge in [0.25, 0.3) is 11.8 Å². The molecule has 0 aliphatic carbocycles. The van der Waals surface area contributed by atoms with Crippen molar-refractivity contribution in [3.05, 3.63) is 95.8 Å². The zero-order valence-corrected chi connectivity index (χ0v) is 19.3. The Morgan fingerprint density at radius 2 is 1.61 bits per heavy atom. The molecule has 0 aliphatic heterocycles. The number of halogens is 3. The molecule has 3 aromatic carbocycles. The van der Waals surface area contributed by atoms with Crippen LogP contribution in [0.4, 0.5) is 24.5 Å². The van der Waals surface area contributed by atoms with Gasteiger partial charge in [-0.25, -0.2) is 0 Å². The summed E-state index contributed by atoms with van der Waals surface area (Å²) in [5.74, 6) is -0.614. The second-order valence-corrected chi connectivity index (χ2v) is 7.88. The van der Waals surface area contributed by atoms with E-state index in [1.54, 1.807) is 29.1 Å². The third-order valence-electron chi connectivity index (χ3n) is 5.34.